The number of aliphatic carboxylic acids is 1. The minimum atomic E-state index is -1.18. The van der Waals surface area contributed by atoms with Gasteiger partial charge in [0.15, 0.2) is 5.78 Å². The summed E-state index contributed by atoms with van der Waals surface area (Å²) in [7, 11) is 0. The Morgan fingerprint density at radius 1 is 1.53 bits per heavy atom. The highest BCUT2D eigenvalue weighted by atomic mass is 16.6. The molecule has 0 aromatic rings. The predicted octanol–water partition coefficient (Wildman–Crippen LogP) is 0.143. The van der Waals surface area contributed by atoms with Crippen LogP contribution >= 0.6 is 0 Å². The van der Waals surface area contributed by atoms with Gasteiger partial charge in [-0.3, -0.25) is 4.79 Å². The van der Waals surface area contributed by atoms with Crippen LogP contribution in [0.15, 0.2) is 0 Å². The lowest BCUT2D eigenvalue weighted by Crippen LogP contribution is -2.45. The van der Waals surface area contributed by atoms with Crippen LogP contribution in [0.1, 0.15) is 27.2 Å². The average molecular weight is 272 g/mol. The molecular formula is C12H20N2O5. The van der Waals surface area contributed by atoms with E-state index in [-0.39, 0.29) is 24.7 Å². The fourth-order valence-electron chi connectivity index (χ4n) is 1.80. The average Bonchev–Trinajstić information content (AvgIpc) is 2.60. The summed E-state index contributed by atoms with van der Waals surface area (Å²) in [5, 5.41) is 14.2. The highest BCUT2D eigenvalue weighted by Gasteiger charge is 2.32. The lowest BCUT2D eigenvalue weighted by atomic mass is 9.98. The third kappa shape index (κ3) is 5.25. The summed E-state index contributed by atoms with van der Waals surface area (Å²) in [6.07, 6.45) is -0.723. The Morgan fingerprint density at radius 3 is 2.58 bits per heavy atom. The Bertz CT molecular complexity index is 375. The van der Waals surface area contributed by atoms with Crippen molar-refractivity contribution in [2.24, 2.45) is 5.92 Å². The van der Waals surface area contributed by atoms with Gasteiger partial charge in [0.25, 0.3) is 0 Å². The van der Waals surface area contributed by atoms with Gasteiger partial charge < -0.3 is 20.5 Å². The van der Waals surface area contributed by atoms with Crippen LogP contribution in [0.5, 0.6) is 0 Å². The number of alkyl carbamates (subject to hydrolysis) is 1. The van der Waals surface area contributed by atoms with Gasteiger partial charge in [0.05, 0.1) is 6.54 Å². The lowest BCUT2D eigenvalue weighted by molar-refractivity contribution is -0.140. The topological polar surface area (TPSA) is 105 Å². The monoisotopic (exact) mass is 272 g/mol. The second kappa shape index (κ2) is 6.01. The first kappa shape index (κ1) is 15.4. The van der Waals surface area contributed by atoms with Gasteiger partial charge in [0, 0.05) is 12.5 Å². The summed E-state index contributed by atoms with van der Waals surface area (Å²) in [6.45, 7) is 5.76. The van der Waals surface area contributed by atoms with Crippen molar-refractivity contribution in [1.29, 1.82) is 0 Å². The van der Waals surface area contributed by atoms with Crippen molar-refractivity contribution in [2.75, 3.05) is 13.1 Å². The third-order valence-electron chi connectivity index (χ3n) is 2.65. The SMILES string of the molecule is CC(C)(C)OC(=O)NC(CC1CNCC1=O)C(=O)O. The van der Waals surface area contributed by atoms with Gasteiger partial charge in [-0.05, 0) is 27.2 Å². The fraction of sp³-hybridized carbons (Fsp3) is 0.750. The Kier molecular flexibility index (Phi) is 4.88. The molecule has 1 amide bonds. The van der Waals surface area contributed by atoms with E-state index in [9.17, 15) is 14.4 Å². The molecule has 2 atom stereocenters. The van der Waals surface area contributed by atoms with Crippen molar-refractivity contribution in [2.45, 2.75) is 38.8 Å². The number of rotatable bonds is 4. The standard InChI is InChI=1S/C12H20N2O5/c1-12(2,3)19-11(18)14-8(10(16)17)4-7-5-13-6-9(7)15/h7-8,13H,4-6H2,1-3H3,(H,14,18)(H,16,17). The van der Waals surface area contributed by atoms with Crippen LogP contribution in [-0.4, -0.2) is 47.7 Å². The molecule has 2 unspecified atom stereocenters. The zero-order valence-corrected chi connectivity index (χ0v) is 11.4. The van der Waals surface area contributed by atoms with Crippen LogP contribution in [0.4, 0.5) is 4.79 Å². The molecule has 19 heavy (non-hydrogen) atoms. The maximum atomic E-state index is 11.5. The number of hydrogen-bond acceptors (Lipinski definition) is 5. The second-order valence-corrected chi connectivity index (χ2v) is 5.57. The van der Waals surface area contributed by atoms with E-state index in [1.807, 2.05) is 0 Å². The molecule has 0 aromatic heterocycles. The summed E-state index contributed by atoms with van der Waals surface area (Å²) >= 11 is 0. The maximum Gasteiger partial charge on any atom is 0.408 e. The molecule has 1 aliphatic rings. The van der Waals surface area contributed by atoms with E-state index in [4.69, 9.17) is 9.84 Å². The summed E-state index contributed by atoms with van der Waals surface area (Å²) < 4.78 is 5.00. The van der Waals surface area contributed by atoms with Gasteiger partial charge >= 0.3 is 12.1 Å². The number of amides is 1. The van der Waals surface area contributed by atoms with Crippen molar-refractivity contribution < 1.29 is 24.2 Å². The van der Waals surface area contributed by atoms with Gasteiger partial charge in [-0.2, -0.15) is 0 Å². The van der Waals surface area contributed by atoms with Crippen molar-refractivity contribution in [3.63, 3.8) is 0 Å². The molecule has 0 saturated carbocycles. The number of carbonyl (C=O) groups is 3. The minimum absolute atomic E-state index is 0.0303. The molecule has 0 bridgehead atoms. The highest BCUT2D eigenvalue weighted by molar-refractivity contribution is 5.86. The van der Waals surface area contributed by atoms with Gasteiger partial charge in [-0.25, -0.2) is 9.59 Å². The van der Waals surface area contributed by atoms with Crippen LogP contribution < -0.4 is 10.6 Å². The number of carbonyl (C=O) groups excluding carboxylic acids is 2. The van der Waals surface area contributed by atoms with Crippen LogP contribution in [0.2, 0.25) is 0 Å². The quantitative estimate of drug-likeness (QED) is 0.672. The molecular weight excluding hydrogens is 252 g/mol. The zero-order valence-electron chi connectivity index (χ0n) is 11.4. The Morgan fingerprint density at radius 2 is 2.16 bits per heavy atom. The van der Waals surface area contributed by atoms with E-state index >= 15 is 0 Å². The van der Waals surface area contributed by atoms with Crippen molar-refractivity contribution in [3.8, 4) is 0 Å². The van der Waals surface area contributed by atoms with Crippen LogP contribution in [0.3, 0.4) is 0 Å². The summed E-state index contributed by atoms with van der Waals surface area (Å²) in [5.41, 5.74) is -0.697. The first-order valence-corrected chi connectivity index (χ1v) is 6.15. The molecule has 0 spiro atoms. The molecule has 1 heterocycles. The molecule has 7 nitrogen and oxygen atoms in total. The van der Waals surface area contributed by atoms with E-state index in [1.54, 1.807) is 20.8 Å². The Hall–Kier alpha value is -1.63. The minimum Gasteiger partial charge on any atom is -0.480 e. The van der Waals surface area contributed by atoms with E-state index in [1.165, 1.54) is 0 Å². The highest BCUT2D eigenvalue weighted by Crippen LogP contribution is 2.13. The number of carboxylic acids is 1. The number of ketones is 1. The largest absolute Gasteiger partial charge is 0.480 e. The molecule has 1 saturated heterocycles. The normalized spacial score (nSPS) is 21.0. The second-order valence-electron chi connectivity index (χ2n) is 5.57. The third-order valence-corrected chi connectivity index (χ3v) is 2.65. The molecule has 7 heteroatoms. The van der Waals surface area contributed by atoms with E-state index in [0.29, 0.717) is 6.54 Å². The number of Topliss-reactive ketones (excluding diaryl/α,β-unsaturated/α-hetero) is 1. The zero-order chi connectivity index (χ0) is 14.6. The number of carboxylic acid groups (broad SMARTS) is 1. The van der Waals surface area contributed by atoms with E-state index in [2.05, 4.69) is 10.6 Å². The van der Waals surface area contributed by atoms with E-state index < -0.39 is 23.7 Å². The summed E-state index contributed by atoms with van der Waals surface area (Å²) in [6, 6.07) is -1.12. The molecule has 1 fully saturated rings. The smallest absolute Gasteiger partial charge is 0.408 e. The Balaban J connectivity index is 2.56. The van der Waals surface area contributed by atoms with Gasteiger partial charge in [-0.15, -0.1) is 0 Å². The van der Waals surface area contributed by atoms with Crippen molar-refractivity contribution in [3.05, 3.63) is 0 Å². The first-order chi connectivity index (χ1) is 8.69. The lowest BCUT2D eigenvalue weighted by Gasteiger charge is -2.22. The molecule has 0 aromatic carbocycles. The molecule has 0 radical (unpaired) electrons. The summed E-state index contributed by atoms with van der Waals surface area (Å²) in [5.74, 6) is -1.58. The van der Waals surface area contributed by atoms with Crippen molar-refractivity contribution in [1.82, 2.24) is 10.6 Å². The van der Waals surface area contributed by atoms with Crippen LogP contribution in [-0.2, 0) is 14.3 Å². The molecule has 1 rings (SSSR count). The van der Waals surface area contributed by atoms with Crippen LogP contribution in [0, 0.1) is 5.92 Å². The molecule has 1 aliphatic heterocycles. The number of ether oxygens (including phenoxy) is 1. The van der Waals surface area contributed by atoms with Gasteiger partial charge in [-0.1, -0.05) is 0 Å². The van der Waals surface area contributed by atoms with E-state index in [0.717, 1.165) is 0 Å². The number of nitrogens with one attached hydrogen (secondary N) is 2. The number of hydrogen-bond donors (Lipinski definition) is 3. The van der Waals surface area contributed by atoms with Gasteiger partial charge in [0.1, 0.15) is 11.6 Å². The molecule has 3 N–H and O–H groups in total. The van der Waals surface area contributed by atoms with Crippen LogP contribution in [0.25, 0.3) is 0 Å². The first-order valence-electron chi connectivity index (χ1n) is 6.15. The fourth-order valence-corrected chi connectivity index (χ4v) is 1.80. The predicted molar refractivity (Wildman–Crippen MR) is 66.8 cm³/mol. The van der Waals surface area contributed by atoms with Crippen molar-refractivity contribution >= 4 is 17.8 Å². The molecule has 0 aliphatic carbocycles. The summed E-state index contributed by atoms with van der Waals surface area (Å²) in [4.78, 5) is 34.1. The Labute approximate surface area is 111 Å². The molecule has 108 valence electrons. The van der Waals surface area contributed by atoms with Gasteiger partial charge in [0.2, 0.25) is 0 Å². The maximum absolute atomic E-state index is 11.5.